The molecule has 0 saturated heterocycles. The van der Waals surface area contributed by atoms with Gasteiger partial charge in [0.25, 0.3) is 0 Å². The van der Waals surface area contributed by atoms with Gasteiger partial charge in [0.15, 0.2) is 0 Å². The van der Waals surface area contributed by atoms with Crippen LogP contribution in [0.25, 0.3) is 0 Å². The lowest BCUT2D eigenvalue weighted by Crippen LogP contribution is -2.13. The first-order valence-corrected chi connectivity index (χ1v) is 5.56. The molecule has 1 heterocycles. The van der Waals surface area contributed by atoms with Gasteiger partial charge in [-0.15, -0.1) is 11.3 Å². The summed E-state index contributed by atoms with van der Waals surface area (Å²) in [4.78, 5) is 11.9. The van der Waals surface area contributed by atoms with Crippen molar-refractivity contribution in [3.8, 4) is 0 Å². The summed E-state index contributed by atoms with van der Waals surface area (Å²) in [6.45, 7) is 5.03. The van der Waals surface area contributed by atoms with Gasteiger partial charge in [0, 0.05) is 22.4 Å². The highest BCUT2D eigenvalue weighted by molar-refractivity contribution is 9.11. The van der Waals surface area contributed by atoms with E-state index in [1.165, 1.54) is 11.3 Å². The highest BCUT2D eigenvalue weighted by Crippen LogP contribution is 2.16. The second-order valence-corrected chi connectivity index (χ2v) is 4.98. The van der Waals surface area contributed by atoms with E-state index in [1.54, 1.807) is 6.07 Å². The topological polar surface area (TPSA) is 49.3 Å². The molecule has 0 radical (unpaired) electrons. The lowest BCUT2D eigenvalue weighted by Gasteiger charge is -1.99. The molecule has 0 saturated carbocycles. The third-order valence-corrected chi connectivity index (χ3v) is 2.84. The normalized spacial score (nSPS) is 10.1. The molecule has 1 aromatic rings. The largest absolute Gasteiger partial charge is 0.477 e. The number of carbonyl (C=O) groups is 1. The molecule has 1 rings (SSSR count). The quantitative estimate of drug-likeness (QED) is 0.868. The van der Waals surface area contributed by atoms with Crippen molar-refractivity contribution in [2.75, 3.05) is 6.54 Å². The van der Waals surface area contributed by atoms with E-state index in [0.717, 1.165) is 9.36 Å². The molecule has 5 heteroatoms. The Morgan fingerprint density at radius 3 is 2.86 bits per heavy atom. The fourth-order valence-electron chi connectivity index (χ4n) is 0.909. The Bertz CT molecular complexity index is 348. The summed E-state index contributed by atoms with van der Waals surface area (Å²) in [7, 11) is 0. The van der Waals surface area contributed by atoms with E-state index in [-0.39, 0.29) is 0 Å². The van der Waals surface area contributed by atoms with Crippen LogP contribution < -0.4 is 5.32 Å². The molecule has 0 atom stereocenters. The minimum absolute atomic E-state index is 0.375. The van der Waals surface area contributed by atoms with E-state index in [4.69, 9.17) is 5.11 Å². The zero-order valence-electron chi connectivity index (χ0n) is 7.42. The van der Waals surface area contributed by atoms with E-state index in [9.17, 15) is 4.79 Å². The average molecular weight is 276 g/mol. The number of thiophene rings is 1. The fraction of sp³-hybridized carbons (Fsp3) is 0.222. The molecule has 0 amide bonds. The van der Waals surface area contributed by atoms with Gasteiger partial charge in [0.2, 0.25) is 0 Å². The van der Waals surface area contributed by atoms with Crippen LogP contribution in [0.1, 0.15) is 14.5 Å². The van der Waals surface area contributed by atoms with Crippen LogP contribution in [0.2, 0.25) is 0 Å². The molecular formula is C9H10BrNO2S. The summed E-state index contributed by atoms with van der Waals surface area (Å²) in [6, 6.07) is 3.44. The Labute approximate surface area is 94.6 Å². The molecule has 0 aromatic carbocycles. The first-order valence-electron chi connectivity index (χ1n) is 3.95. The first kappa shape index (κ1) is 11.4. The Morgan fingerprint density at radius 2 is 2.36 bits per heavy atom. The number of aromatic carboxylic acids is 1. The van der Waals surface area contributed by atoms with Gasteiger partial charge in [-0.3, -0.25) is 0 Å². The predicted molar refractivity (Wildman–Crippen MR) is 61.1 cm³/mol. The Balaban J connectivity index is 2.44. The molecule has 0 fully saturated rings. The molecular weight excluding hydrogens is 266 g/mol. The minimum atomic E-state index is -0.869. The Kier molecular flexibility index (Phi) is 4.31. The molecule has 1 aromatic heterocycles. The van der Waals surface area contributed by atoms with Crippen molar-refractivity contribution in [2.24, 2.45) is 0 Å². The summed E-state index contributed by atoms with van der Waals surface area (Å²) in [5.74, 6) is -0.869. The van der Waals surface area contributed by atoms with E-state index in [1.807, 2.05) is 6.07 Å². The lowest BCUT2D eigenvalue weighted by atomic mass is 10.4. The van der Waals surface area contributed by atoms with Gasteiger partial charge in [-0.05, 0) is 12.1 Å². The zero-order chi connectivity index (χ0) is 10.6. The smallest absolute Gasteiger partial charge is 0.345 e. The highest BCUT2D eigenvalue weighted by Gasteiger charge is 2.05. The second-order valence-electron chi connectivity index (χ2n) is 2.69. The Morgan fingerprint density at radius 1 is 1.64 bits per heavy atom. The van der Waals surface area contributed by atoms with Crippen LogP contribution in [0, 0.1) is 0 Å². The Hall–Kier alpha value is -0.650. The van der Waals surface area contributed by atoms with Crippen LogP contribution in [0.15, 0.2) is 23.2 Å². The number of rotatable bonds is 5. The maximum absolute atomic E-state index is 10.6. The molecule has 2 N–H and O–H groups in total. The monoisotopic (exact) mass is 275 g/mol. The van der Waals surface area contributed by atoms with Crippen LogP contribution in [0.4, 0.5) is 0 Å². The van der Waals surface area contributed by atoms with Gasteiger partial charge in [0.1, 0.15) is 4.88 Å². The van der Waals surface area contributed by atoms with Gasteiger partial charge >= 0.3 is 5.97 Å². The summed E-state index contributed by atoms with van der Waals surface area (Å²) in [5, 5.41) is 11.8. The first-order chi connectivity index (χ1) is 6.59. The van der Waals surface area contributed by atoms with Crippen molar-refractivity contribution < 1.29 is 9.90 Å². The van der Waals surface area contributed by atoms with Gasteiger partial charge in [0.05, 0.1) is 0 Å². The number of carboxylic acids is 1. The SMILES string of the molecule is C=C(Br)CNCc1ccc(C(=O)O)s1. The fourth-order valence-corrected chi connectivity index (χ4v) is 1.92. The van der Waals surface area contributed by atoms with Crippen molar-refractivity contribution in [3.63, 3.8) is 0 Å². The number of nitrogens with one attached hydrogen (secondary N) is 1. The number of halogens is 1. The summed E-state index contributed by atoms with van der Waals surface area (Å²) in [5.41, 5.74) is 0. The summed E-state index contributed by atoms with van der Waals surface area (Å²) in [6.07, 6.45) is 0. The maximum atomic E-state index is 10.6. The van der Waals surface area contributed by atoms with Crippen LogP contribution in [0.3, 0.4) is 0 Å². The van der Waals surface area contributed by atoms with E-state index < -0.39 is 5.97 Å². The van der Waals surface area contributed by atoms with Crippen molar-refractivity contribution in [2.45, 2.75) is 6.54 Å². The van der Waals surface area contributed by atoms with Crippen LogP contribution in [-0.4, -0.2) is 17.6 Å². The van der Waals surface area contributed by atoms with E-state index in [0.29, 0.717) is 18.0 Å². The molecule has 0 aliphatic rings. The van der Waals surface area contributed by atoms with Gasteiger partial charge < -0.3 is 10.4 Å². The van der Waals surface area contributed by atoms with Crippen molar-refractivity contribution >= 4 is 33.2 Å². The maximum Gasteiger partial charge on any atom is 0.345 e. The average Bonchev–Trinajstić information content (AvgIpc) is 2.52. The summed E-state index contributed by atoms with van der Waals surface area (Å²) >= 11 is 4.51. The molecule has 3 nitrogen and oxygen atoms in total. The molecule has 0 aliphatic heterocycles. The minimum Gasteiger partial charge on any atom is -0.477 e. The molecule has 0 unspecified atom stereocenters. The van der Waals surface area contributed by atoms with Gasteiger partial charge in [-0.25, -0.2) is 4.79 Å². The van der Waals surface area contributed by atoms with Gasteiger partial charge in [-0.1, -0.05) is 22.5 Å². The molecule has 76 valence electrons. The summed E-state index contributed by atoms with van der Waals surface area (Å²) < 4.78 is 0.882. The highest BCUT2D eigenvalue weighted by atomic mass is 79.9. The van der Waals surface area contributed by atoms with Gasteiger partial charge in [-0.2, -0.15) is 0 Å². The van der Waals surface area contributed by atoms with Crippen molar-refractivity contribution in [3.05, 3.63) is 32.9 Å². The van der Waals surface area contributed by atoms with Crippen LogP contribution in [0.5, 0.6) is 0 Å². The number of hydrogen-bond acceptors (Lipinski definition) is 3. The number of hydrogen-bond donors (Lipinski definition) is 2. The standard InChI is InChI=1S/C9H10BrNO2S/c1-6(10)4-11-5-7-2-3-8(14-7)9(12)13/h2-3,11H,1,4-5H2,(H,12,13). The third kappa shape index (κ3) is 3.61. The predicted octanol–water partition coefficient (Wildman–Crippen LogP) is 2.44. The molecule has 0 bridgehead atoms. The second kappa shape index (κ2) is 5.29. The van der Waals surface area contributed by atoms with Crippen molar-refractivity contribution in [1.82, 2.24) is 5.32 Å². The van der Waals surface area contributed by atoms with E-state index in [2.05, 4.69) is 27.8 Å². The molecule has 0 aliphatic carbocycles. The molecule has 14 heavy (non-hydrogen) atoms. The lowest BCUT2D eigenvalue weighted by molar-refractivity contribution is 0.0702. The molecule has 0 spiro atoms. The zero-order valence-corrected chi connectivity index (χ0v) is 9.82. The van der Waals surface area contributed by atoms with Crippen molar-refractivity contribution in [1.29, 1.82) is 0 Å². The third-order valence-electron chi connectivity index (χ3n) is 1.49. The van der Waals surface area contributed by atoms with Crippen LogP contribution in [-0.2, 0) is 6.54 Å². The van der Waals surface area contributed by atoms with Crippen LogP contribution >= 0.6 is 27.3 Å². The number of carboxylic acid groups (broad SMARTS) is 1. The van der Waals surface area contributed by atoms with E-state index >= 15 is 0 Å².